The molecule has 0 heterocycles. The second-order valence-electron chi connectivity index (χ2n) is 1.53. The Morgan fingerprint density at radius 1 is 1.27 bits per heavy atom. The van der Waals surface area contributed by atoms with Crippen molar-refractivity contribution in [2.75, 3.05) is 14.2 Å². The average Bonchev–Trinajstić information content (AvgIpc) is 2.01. The molecule has 0 unspecified atom stereocenters. The quantitative estimate of drug-likeness (QED) is 0.465. The first kappa shape index (κ1) is 10.3. The number of hydrogen-bond acceptors (Lipinski definition) is 5. The molecule has 0 saturated heterocycles. The van der Waals surface area contributed by atoms with Gasteiger partial charge in [0, 0.05) is 14.2 Å². The fourth-order valence-electron chi connectivity index (χ4n) is 0.375. The Labute approximate surface area is 63.2 Å². The Hall–Kier alpha value is -0.710. The van der Waals surface area contributed by atoms with Crippen molar-refractivity contribution in [1.29, 1.82) is 0 Å². The van der Waals surface area contributed by atoms with Crippen LogP contribution in [0.3, 0.4) is 0 Å². The van der Waals surface area contributed by atoms with Crippen molar-refractivity contribution in [3.05, 3.63) is 0 Å². The molecule has 1 amide bonds. The third-order valence-corrected chi connectivity index (χ3v) is 2.62. The monoisotopic (exact) mass is 181 g/mol. The summed E-state index contributed by atoms with van der Waals surface area (Å²) in [5.74, 6) is -1.34. The van der Waals surface area contributed by atoms with Gasteiger partial charge >= 0.3 is 13.1 Å². The van der Waals surface area contributed by atoms with Crippen molar-refractivity contribution < 1.29 is 23.2 Å². The van der Waals surface area contributed by atoms with Gasteiger partial charge in [0.05, 0.1) is 0 Å². The summed E-state index contributed by atoms with van der Waals surface area (Å²) in [6.45, 7) is 0. The van der Waals surface area contributed by atoms with Gasteiger partial charge in [-0.15, -0.1) is 0 Å². The molecule has 0 fully saturated rings. The van der Waals surface area contributed by atoms with E-state index in [4.69, 9.17) is 0 Å². The van der Waals surface area contributed by atoms with Gasteiger partial charge in [0.2, 0.25) is 0 Å². The summed E-state index contributed by atoms with van der Waals surface area (Å²) in [6, 6.07) is 0. The third-order valence-electron chi connectivity index (χ3n) is 0.940. The van der Waals surface area contributed by atoms with Crippen LogP contribution in [0.15, 0.2) is 0 Å². The van der Waals surface area contributed by atoms with E-state index in [1.165, 1.54) is 0 Å². The van der Waals surface area contributed by atoms with Gasteiger partial charge in [-0.25, -0.2) is 0 Å². The lowest BCUT2D eigenvalue weighted by atomic mass is 10.7. The lowest BCUT2D eigenvalue weighted by molar-refractivity contribution is -0.132. The molecule has 7 heteroatoms. The Morgan fingerprint density at radius 2 is 1.64 bits per heavy atom. The molecule has 11 heavy (non-hydrogen) atoms. The van der Waals surface area contributed by atoms with E-state index in [0.29, 0.717) is 0 Å². The van der Waals surface area contributed by atoms with E-state index < -0.39 is 19.0 Å². The molecule has 0 rings (SSSR count). The number of hydrogen-bond donors (Lipinski definition) is 1. The minimum absolute atomic E-state index is 0.991. The van der Waals surface area contributed by atoms with Crippen molar-refractivity contribution in [3.8, 4) is 0 Å². The Balaban J connectivity index is 4.66. The van der Waals surface area contributed by atoms with Gasteiger partial charge in [0.15, 0.2) is 0 Å². The van der Waals surface area contributed by atoms with Crippen LogP contribution in [0.4, 0.5) is 0 Å². The van der Waals surface area contributed by atoms with E-state index in [-0.39, 0.29) is 0 Å². The zero-order chi connectivity index (χ0) is 9.07. The summed E-state index contributed by atoms with van der Waals surface area (Å²) < 4.78 is 19.4. The number of carbonyl (C=O) groups is 2. The Morgan fingerprint density at radius 3 is 1.73 bits per heavy atom. The predicted molar refractivity (Wildman–Crippen MR) is 35.8 cm³/mol. The number of primary amides is 1. The molecule has 0 spiro atoms. The van der Waals surface area contributed by atoms with Crippen molar-refractivity contribution in [2.24, 2.45) is 5.73 Å². The molecule has 6 nitrogen and oxygen atoms in total. The molecule has 0 atom stereocenters. The van der Waals surface area contributed by atoms with Crippen LogP contribution in [0, 0.1) is 0 Å². The SMILES string of the molecule is COP(=O)(OC)C(=O)C(N)=O. The zero-order valence-electron chi connectivity index (χ0n) is 6.07. The molecule has 2 N–H and O–H groups in total. The summed E-state index contributed by atoms with van der Waals surface area (Å²) in [5, 5.41) is 0. The van der Waals surface area contributed by atoms with E-state index in [2.05, 4.69) is 14.8 Å². The highest BCUT2D eigenvalue weighted by Crippen LogP contribution is 2.46. The average molecular weight is 181 g/mol. The van der Waals surface area contributed by atoms with Crippen LogP contribution >= 0.6 is 7.60 Å². The highest BCUT2D eigenvalue weighted by molar-refractivity contribution is 7.74. The molecule has 0 aromatic heterocycles. The van der Waals surface area contributed by atoms with E-state index in [9.17, 15) is 14.2 Å². The van der Waals surface area contributed by atoms with E-state index >= 15 is 0 Å². The molecule has 0 aromatic carbocycles. The van der Waals surface area contributed by atoms with Gasteiger partial charge < -0.3 is 14.8 Å². The highest BCUT2D eigenvalue weighted by Gasteiger charge is 2.36. The number of nitrogens with two attached hydrogens (primary N) is 1. The largest absolute Gasteiger partial charge is 0.406 e. The van der Waals surface area contributed by atoms with Crippen molar-refractivity contribution in [3.63, 3.8) is 0 Å². The van der Waals surface area contributed by atoms with Gasteiger partial charge in [0.25, 0.3) is 5.91 Å². The lowest BCUT2D eigenvalue weighted by Crippen LogP contribution is -2.23. The van der Waals surface area contributed by atoms with Gasteiger partial charge in [-0.3, -0.25) is 14.2 Å². The van der Waals surface area contributed by atoms with Crippen LogP contribution in [0.5, 0.6) is 0 Å². The normalized spacial score (nSPS) is 11.1. The third kappa shape index (κ3) is 2.11. The topological polar surface area (TPSA) is 95.7 Å². The fourth-order valence-corrected chi connectivity index (χ4v) is 1.13. The summed E-state index contributed by atoms with van der Waals surface area (Å²) in [4.78, 5) is 20.8. The van der Waals surface area contributed by atoms with Crippen LogP contribution in [0.1, 0.15) is 0 Å². The van der Waals surface area contributed by atoms with Gasteiger partial charge in [0.1, 0.15) is 0 Å². The van der Waals surface area contributed by atoms with E-state index in [0.717, 1.165) is 14.2 Å². The fraction of sp³-hybridized carbons (Fsp3) is 0.500. The number of carbonyl (C=O) groups excluding carboxylic acids is 2. The molecule has 0 saturated carbocycles. The molecule has 0 aliphatic carbocycles. The maximum atomic E-state index is 11.0. The van der Waals surface area contributed by atoms with Crippen LogP contribution in [0.2, 0.25) is 0 Å². The van der Waals surface area contributed by atoms with Crippen LogP contribution in [0.25, 0.3) is 0 Å². The highest BCUT2D eigenvalue weighted by atomic mass is 31.2. The zero-order valence-corrected chi connectivity index (χ0v) is 6.96. The minimum atomic E-state index is -3.94. The summed E-state index contributed by atoms with van der Waals surface area (Å²) >= 11 is 0. The molecular formula is C4H8NO5P. The summed E-state index contributed by atoms with van der Waals surface area (Å²) in [7, 11) is -1.96. The summed E-state index contributed by atoms with van der Waals surface area (Å²) in [5.41, 5.74) is 3.21. The smallest absolute Gasteiger partial charge is 0.362 e. The van der Waals surface area contributed by atoms with Crippen LogP contribution < -0.4 is 5.73 Å². The Kier molecular flexibility index (Phi) is 3.38. The molecule has 0 bridgehead atoms. The molecule has 0 aliphatic rings. The van der Waals surface area contributed by atoms with Gasteiger partial charge in [-0.2, -0.15) is 0 Å². The predicted octanol–water partition coefficient (Wildman–Crippen LogP) is -0.516. The van der Waals surface area contributed by atoms with E-state index in [1.54, 1.807) is 0 Å². The first-order valence-electron chi connectivity index (χ1n) is 2.53. The van der Waals surface area contributed by atoms with Crippen molar-refractivity contribution in [1.82, 2.24) is 0 Å². The molecule has 64 valence electrons. The molecule has 0 aliphatic heterocycles. The van der Waals surface area contributed by atoms with Crippen molar-refractivity contribution >= 4 is 19.0 Å². The van der Waals surface area contributed by atoms with Gasteiger partial charge in [-0.1, -0.05) is 0 Å². The Bertz CT molecular complexity index is 217. The van der Waals surface area contributed by atoms with Crippen LogP contribution in [-0.4, -0.2) is 25.7 Å². The lowest BCUT2D eigenvalue weighted by Gasteiger charge is -2.08. The van der Waals surface area contributed by atoms with E-state index in [1.807, 2.05) is 0 Å². The van der Waals surface area contributed by atoms with Crippen LogP contribution in [-0.2, 0) is 23.2 Å². The first-order valence-corrected chi connectivity index (χ1v) is 4.08. The van der Waals surface area contributed by atoms with Crippen molar-refractivity contribution in [2.45, 2.75) is 0 Å². The number of rotatable bonds is 4. The second kappa shape index (κ2) is 3.61. The first-order chi connectivity index (χ1) is 4.98. The number of amides is 1. The summed E-state index contributed by atoms with van der Waals surface area (Å²) in [6.07, 6.45) is 0. The maximum absolute atomic E-state index is 11.0. The standard InChI is InChI=1S/C4H8NO5P/c1-9-11(8,10-2)4(7)3(5)6/h1-2H3,(H2,5,6). The minimum Gasteiger partial charge on any atom is -0.362 e. The van der Waals surface area contributed by atoms with Gasteiger partial charge in [-0.05, 0) is 0 Å². The maximum Gasteiger partial charge on any atom is 0.406 e. The molecule has 0 radical (unpaired) electrons. The molecular weight excluding hydrogens is 173 g/mol. The second-order valence-corrected chi connectivity index (χ2v) is 3.66. The molecule has 0 aromatic rings.